The van der Waals surface area contributed by atoms with E-state index < -0.39 is 11.6 Å². The SMILES string of the molecule is COc1ccc(-c2cccc3c2CCC3=O)c(OCC2(N(C)C(=O)OC(C)C)COC2)c1OC. The summed E-state index contributed by atoms with van der Waals surface area (Å²) in [4.78, 5) is 26.5. The molecule has 0 N–H and O–H groups in total. The standard InChI is InChI=1S/C26H31NO7/c1-16(2)34-25(29)27(3)26(13-32-14-26)15-33-23-20(10-12-22(30-4)24(23)31-5)17-7-6-8-19-18(17)9-11-21(19)28/h6-8,10,12,16H,9,11,13-15H2,1-5H3. The Hall–Kier alpha value is -3.26. The molecule has 2 aliphatic rings. The Morgan fingerprint density at radius 3 is 2.38 bits per heavy atom. The predicted molar refractivity (Wildman–Crippen MR) is 126 cm³/mol. The molecule has 0 saturated carbocycles. The molecule has 2 aromatic carbocycles. The Balaban J connectivity index is 1.72. The molecule has 1 heterocycles. The van der Waals surface area contributed by atoms with Gasteiger partial charge in [0.15, 0.2) is 17.3 Å². The fraction of sp³-hybridized carbons (Fsp3) is 0.462. The van der Waals surface area contributed by atoms with Gasteiger partial charge in [0.2, 0.25) is 5.75 Å². The maximum absolute atomic E-state index is 12.6. The molecule has 0 aromatic heterocycles. The van der Waals surface area contributed by atoms with Crippen LogP contribution >= 0.6 is 0 Å². The number of amides is 1. The van der Waals surface area contributed by atoms with Crippen molar-refractivity contribution in [1.29, 1.82) is 0 Å². The topological polar surface area (TPSA) is 83.5 Å². The van der Waals surface area contributed by atoms with E-state index in [9.17, 15) is 9.59 Å². The number of methoxy groups -OCH3 is 2. The molecule has 0 unspecified atom stereocenters. The van der Waals surface area contributed by atoms with Crippen molar-refractivity contribution in [3.05, 3.63) is 41.5 Å². The van der Waals surface area contributed by atoms with Crippen molar-refractivity contribution < 1.29 is 33.3 Å². The number of hydrogen-bond donors (Lipinski definition) is 0. The lowest BCUT2D eigenvalue weighted by Crippen LogP contribution is -2.66. The number of likely N-dealkylation sites (N-methyl/N-ethyl adjacent to an activating group) is 1. The molecule has 1 saturated heterocycles. The molecule has 4 rings (SSSR count). The van der Waals surface area contributed by atoms with Crippen LogP contribution in [0.1, 0.15) is 36.2 Å². The van der Waals surface area contributed by atoms with Gasteiger partial charge in [-0.3, -0.25) is 9.69 Å². The van der Waals surface area contributed by atoms with Gasteiger partial charge < -0.3 is 23.7 Å². The zero-order valence-corrected chi connectivity index (χ0v) is 20.3. The summed E-state index contributed by atoms with van der Waals surface area (Å²) in [6, 6.07) is 9.47. The number of hydrogen-bond acceptors (Lipinski definition) is 7. The summed E-state index contributed by atoms with van der Waals surface area (Å²) < 4.78 is 28.5. The zero-order valence-electron chi connectivity index (χ0n) is 20.3. The van der Waals surface area contributed by atoms with Gasteiger partial charge >= 0.3 is 6.09 Å². The maximum Gasteiger partial charge on any atom is 0.410 e. The van der Waals surface area contributed by atoms with E-state index in [2.05, 4.69) is 0 Å². The van der Waals surface area contributed by atoms with Gasteiger partial charge in [0.1, 0.15) is 12.1 Å². The van der Waals surface area contributed by atoms with E-state index in [1.165, 1.54) is 0 Å². The summed E-state index contributed by atoms with van der Waals surface area (Å²) in [5.74, 6) is 1.61. The summed E-state index contributed by atoms with van der Waals surface area (Å²) >= 11 is 0. The van der Waals surface area contributed by atoms with Gasteiger partial charge in [-0.25, -0.2) is 4.79 Å². The van der Waals surface area contributed by atoms with E-state index in [0.717, 1.165) is 22.3 Å². The van der Waals surface area contributed by atoms with Crippen LogP contribution in [0.4, 0.5) is 4.79 Å². The minimum absolute atomic E-state index is 0.149. The third-order valence-electron chi connectivity index (χ3n) is 6.42. The molecular weight excluding hydrogens is 438 g/mol. The number of nitrogens with zero attached hydrogens (tertiary/aromatic N) is 1. The Kier molecular flexibility index (Phi) is 6.70. The first-order valence-electron chi connectivity index (χ1n) is 11.4. The Morgan fingerprint density at radius 1 is 1.03 bits per heavy atom. The molecule has 0 atom stereocenters. The fourth-order valence-corrected chi connectivity index (χ4v) is 4.39. The van der Waals surface area contributed by atoms with Crippen molar-refractivity contribution in [1.82, 2.24) is 4.90 Å². The second kappa shape index (κ2) is 9.54. The van der Waals surface area contributed by atoms with Gasteiger partial charge in [0, 0.05) is 24.6 Å². The molecule has 1 aliphatic carbocycles. The Labute approximate surface area is 199 Å². The highest BCUT2D eigenvalue weighted by Crippen LogP contribution is 2.47. The highest BCUT2D eigenvalue weighted by molar-refractivity contribution is 6.02. The van der Waals surface area contributed by atoms with Crippen LogP contribution in [0.2, 0.25) is 0 Å². The van der Waals surface area contributed by atoms with Crippen LogP contribution in [-0.4, -0.2) is 69.5 Å². The molecule has 1 aliphatic heterocycles. The van der Waals surface area contributed by atoms with Gasteiger partial charge in [-0.1, -0.05) is 18.2 Å². The number of ketones is 1. The minimum atomic E-state index is -0.675. The average molecular weight is 470 g/mol. The van der Waals surface area contributed by atoms with Crippen LogP contribution in [0, 0.1) is 0 Å². The molecule has 2 aromatic rings. The number of carbonyl (C=O) groups excluding carboxylic acids is 2. The lowest BCUT2D eigenvalue weighted by atomic mass is 9.95. The van der Waals surface area contributed by atoms with Gasteiger partial charge in [-0.2, -0.15) is 0 Å². The lowest BCUT2D eigenvalue weighted by molar-refractivity contribution is -0.141. The van der Waals surface area contributed by atoms with Crippen LogP contribution in [-0.2, 0) is 15.9 Å². The van der Waals surface area contributed by atoms with Crippen molar-refractivity contribution in [3.8, 4) is 28.4 Å². The molecule has 1 amide bonds. The van der Waals surface area contributed by atoms with Crippen molar-refractivity contribution >= 4 is 11.9 Å². The van der Waals surface area contributed by atoms with Crippen LogP contribution in [0.5, 0.6) is 17.2 Å². The quantitative estimate of drug-likeness (QED) is 0.575. The van der Waals surface area contributed by atoms with Gasteiger partial charge in [-0.15, -0.1) is 0 Å². The minimum Gasteiger partial charge on any atom is -0.493 e. The van der Waals surface area contributed by atoms with E-state index in [1.54, 1.807) is 26.2 Å². The molecule has 8 nitrogen and oxygen atoms in total. The lowest BCUT2D eigenvalue weighted by Gasteiger charge is -2.46. The van der Waals surface area contributed by atoms with E-state index in [1.807, 2.05) is 44.2 Å². The van der Waals surface area contributed by atoms with Crippen molar-refractivity contribution in [2.45, 2.75) is 38.3 Å². The number of carbonyl (C=O) groups is 2. The van der Waals surface area contributed by atoms with E-state index in [4.69, 9.17) is 23.7 Å². The van der Waals surface area contributed by atoms with Crippen molar-refractivity contribution in [2.75, 3.05) is 41.1 Å². The Morgan fingerprint density at radius 2 is 1.76 bits per heavy atom. The number of benzene rings is 2. The zero-order chi connectivity index (χ0) is 24.5. The van der Waals surface area contributed by atoms with E-state index in [-0.39, 0.29) is 18.5 Å². The molecule has 1 fully saturated rings. The first-order chi connectivity index (χ1) is 16.3. The first kappa shape index (κ1) is 23.9. The molecule has 0 spiro atoms. The second-order valence-electron chi connectivity index (χ2n) is 8.93. The highest BCUT2D eigenvalue weighted by Gasteiger charge is 2.47. The number of fused-ring (bicyclic) bond motifs is 1. The third-order valence-corrected chi connectivity index (χ3v) is 6.42. The van der Waals surface area contributed by atoms with Gasteiger partial charge in [0.05, 0.1) is 33.5 Å². The van der Waals surface area contributed by atoms with Crippen molar-refractivity contribution in [2.24, 2.45) is 0 Å². The molecular formula is C26H31NO7. The van der Waals surface area contributed by atoms with Crippen LogP contribution in [0.3, 0.4) is 0 Å². The summed E-state index contributed by atoms with van der Waals surface area (Å²) in [6.45, 7) is 4.44. The van der Waals surface area contributed by atoms with E-state index >= 15 is 0 Å². The average Bonchev–Trinajstić information content (AvgIpc) is 3.18. The van der Waals surface area contributed by atoms with Crippen LogP contribution in [0.15, 0.2) is 30.3 Å². The first-order valence-corrected chi connectivity index (χ1v) is 11.4. The van der Waals surface area contributed by atoms with E-state index in [0.29, 0.717) is 43.3 Å². The van der Waals surface area contributed by atoms with Crippen molar-refractivity contribution in [3.63, 3.8) is 0 Å². The van der Waals surface area contributed by atoms with Crippen LogP contribution < -0.4 is 14.2 Å². The fourth-order valence-electron chi connectivity index (χ4n) is 4.39. The second-order valence-corrected chi connectivity index (χ2v) is 8.93. The molecule has 0 radical (unpaired) electrons. The maximum atomic E-state index is 12.6. The molecule has 0 bridgehead atoms. The highest BCUT2D eigenvalue weighted by atomic mass is 16.6. The molecule has 8 heteroatoms. The van der Waals surface area contributed by atoms with Gasteiger partial charge in [-0.05, 0) is 43.5 Å². The largest absolute Gasteiger partial charge is 0.493 e. The summed E-state index contributed by atoms with van der Waals surface area (Å²) in [5, 5.41) is 0. The van der Waals surface area contributed by atoms with Crippen LogP contribution in [0.25, 0.3) is 11.1 Å². The number of ether oxygens (including phenoxy) is 5. The smallest absolute Gasteiger partial charge is 0.410 e. The third kappa shape index (κ3) is 4.18. The number of rotatable bonds is 8. The summed E-state index contributed by atoms with van der Waals surface area (Å²) in [7, 11) is 4.81. The predicted octanol–water partition coefficient (Wildman–Crippen LogP) is 4.12. The normalized spacial score (nSPS) is 16.0. The monoisotopic (exact) mass is 469 g/mol. The Bertz CT molecular complexity index is 1090. The number of Topliss-reactive ketones (excluding diaryl/α,β-unsaturated/α-hetero) is 1. The molecule has 34 heavy (non-hydrogen) atoms. The molecule has 182 valence electrons. The van der Waals surface area contributed by atoms with Gasteiger partial charge in [0.25, 0.3) is 0 Å². The summed E-state index contributed by atoms with van der Waals surface area (Å²) in [5.41, 5.74) is 2.80. The summed E-state index contributed by atoms with van der Waals surface area (Å²) in [6.07, 6.45) is 0.514.